The number of benzene rings is 1. The smallest absolute Gasteiger partial charge is 0.228 e. The fraction of sp³-hybridized carbons (Fsp3) is 0.556. The van der Waals surface area contributed by atoms with Crippen molar-refractivity contribution < 1.29 is 9.59 Å². The monoisotopic (exact) mass is 315 g/mol. The van der Waals surface area contributed by atoms with Gasteiger partial charge >= 0.3 is 0 Å². The molecule has 2 fully saturated rings. The maximum atomic E-state index is 12.5. The highest BCUT2D eigenvalue weighted by Gasteiger charge is 2.57. The Balaban J connectivity index is 1.60. The summed E-state index contributed by atoms with van der Waals surface area (Å²) in [4.78, 5) is 24.2. The second kappa shape index (κ2) is 6.32. The largest absolute Gasteiger partial charge is 0.326 e. The Kier molecular flexibility index (Phi) is 4.39. The fourth-order valence-corrected chi connectivity index (χ4v) is 3.39. The van der Waals surface area contributed by atoms with Crippen LogP contribution in [0.5, 0.6) is 0 Å². The molecule has 124 valence electrons. The van der Waals surface area contributed by atoms with Crippen molar-refractivity contribution in [3.8, 4) is 0 Å². The molecule has 1 saturated carbocycles. The lowest BCUT2D eigenvalue weighted by Crippen LogP contribution is -2.31. The number of hydrogen-bond acceptors (Lipinski definition) is 3. The van der Waals surface area contributed by atoms with Gasteiger partial charge < -0.3 is 16.0 Å². The molecule has 0 radical (unpaired) electrons. The van der Waals surface area contributed by atoms with E-state index in [2.05, 4.69) is 16.0 Å². The van der Waals surface area contributed by atoms with Crippen molar-refractivity contribution in [1.29, 1.82) is 0 Å². The number of anilines is 2. The van der Waals surface area contributed by atoms with Crippen molar-refractivity contribution in [1.82, 2.24) is 5.32 Å². The topological polar surface area (TPSA) is 70.2 Å². The van der Waals surface area contributed by atoms with Gasteiger partial charge in [0.15, 0.2) is 0 Å². The van der Waals surface area contributed by atoms with Crippen LogP contribution in [-0.2, 0) is 9.59 Å². The quantitative estimate of drug-likeness (QED) is 0.800. The maximum Gasteiger partial charge on any atom is 0.228 e. The van der Waals surface area contributed by atoms with Crippen molar-refractivity contribution in [2.75, 3.05) is 23.7 Å². The Morgan fingerprint density at radius 3 is 2.48 bits per heavy atom. The van der Waals surface area contributed by atoms with Crippen LogP contribution in [0.4, 0.5) is 11.4 Å². The molecular formula is C18H25N3O2. The molecule has 1 unspecified atom stereocenters. The number of piperidine rings is 1. The molecule has 1 heterocycles. The molecule has 2 aliphatic rings. The van der Waals surface area contributed by atoms with Crippen LogP contribution in [0.25, 0.3) is 0 Å². The van der Waals surface area contributed by atoms with Gasteiger partial charge in [-0.1, -0.05) is 19.9 Å². The summed E-state index contributed by atoms with van der Waals surface area (Å²) in [6, 6.07) is 7.36. The highest BCUT2D eigenvalue weighted by Crippen LogP contribution is 2.58. The molecule has 0 aromatic heterocycles. The average Bonchev–Trinajstić information content (AvgIpc) is 3.21. The molecule has 1 aliphatic carbocycles. The van der Waals surface area contributed by atoms with Crippen LogP contribution < -0.4 is 16.0 Å². The van der Waals surface area contributed by atoms with Crippen molar-refractivity contribution >= 4 is 23.2 Å². The minimum absolute atomic E-state index is 0.0238. The summed E-state index contributed by atoms with van der Waals surface area (Å²) < 4.78 is 0. The first-order chi connectivity index (χ1) is 11.0. The third-order valence-electron chi connectivity index (χ3n) is 5.03. The Labute approximate surface area is 137 Å². The molecule has 3 N–H and O–H groups in total. The summed E-state index contributed by atoms with van der Waals surface area (Å²) in [5.74, 6) is 0.154. The second-order valence-corrected chi connectivity index (χ2v) is 7.08. The van der Waals surface area contributed by atoms with Gasteiger partial charge in [0.05, 0.1) is 0 Å². The highest BCUT2D eigenvalue weighted by molar-refractivity contribution is 5.97. The predicted molar refractivity (Wildman–Crippen MR) is 91.2 cm³/mol. The number of nitrogens with one attached hydrogen (secondary N) is 3. The van der Waals surface area contributed by atoms with E-state index < -0.39 is 0 Å². The first-order valence-electron chi connectivity index (χ1n) is 8.43. The number of carbonyl (C=O) groups is 2. The van der Waals surface area contributed by atoms with E-state index in [1.54, 1.807) is 0 Å². The van der Waals surface area contributed by atoms with Crippen molar-refractivity contribution in [2.24, 2.45) is 17.3 Å². The standard InChI is InChI=1S/C18H25N3O2/c1-12(2)16(22)20-13-4-3-5-14(10-13)21-17(23)15-11-18(15)6-8-19-9-7-18/h3-5,10,12,15,19H,6-9,11H2,1-2H3,(H,20,22)(H,21,23). The van der Waals surface area contributed by atoms with Gasteiger partial charge in [0.25, 0.3) is 0 Å². The zero-order chi connectivity index (χ0) is 16.4. The summed E-state index contributed by atoms with van der Waals surface area (Å²) in [5, 5.41) is 9.22. The maximum absolute atomic E-state index is 12.5. The zero-order valence-corrected chi connectivity index (χ0v) is 13.8. The van der Waals surface area contributed by atoms with Crippen LogP contribution in [0.3, 0.4) is 0 Å². The molecule has 1 aromatic carbocycles. The summed E-state index contributed by atoms with van der Waals surface area (Å²) in [5.41, 5.74) is 1.69. The van der Waals surface area contributed by atoms with Crippen molar-refractivity contribution in [3.63, 3.8) is 0 Å². The van der Waals surface area contributed by atoms with E-state index in [0.29, 0.717) is 5.69 Å². The van der Waals surface area contributed by atoms with Gasteiger partial charge in [-0.15, -0.1) is 0 Å². The molecule has 5 nitrogen and oxygen atoms in total. The Morgan fingerprint density at radius 1 is 1.17 bits per heavy atom. The molecule has 2 amide bonds. The number of carbonyl (C=O) groups excluding carboxylic acids is 2. The lowest BCUT2D eigenvalue weighted by atomic mass is 9.92. The van der Waals surface area contributed by atoms with Crippen molar-refractivity contribution in [2.45, 2.75) is 33.1 Å². The van der Waals surface area contributed by atoms with Crippen molar-refractivity contribution in [3.05, 3.63) is 24.3 Å². The molecule has 1 aromatic rings. The summed E-state index contributed by atoms with van der Waals surface area (Å²) in [6.07, 6.45) is 3.19. The third-order valence-corrected chi connectivity index (χ3v) is 5.03. The fourth-order valence-electron chi connectivity index (χ4n) is 3.39. The summed E-state index contributed by atoms with van der Waals surface area (Å²) >= 11 is 0. The molecular weight excluding hydrogens is 290 g/mol. The Bertz CT molecular complexity index is 606. The molecule has 0 bridgehead atoms. The molecule has 1 atom stereocenters. The van der Waals surface area contributed by atoms with Gasteiger partial charge in [-0.05, 0) is 56.0 Å². The number of amides is 2. The summed E-state index contributed by atoms with van der Waals surface area (Å²) in [7, 11) is 0. The first kappa shape index (κ1) is 16.0. The minimum Gasteiger partial charge on any atom is -0.326 e. The lowest BCUT2D eigenvalue weighted by Gasteiger charge is -2.23. The highest BCUT2D eigenvalue weighted by atomic mass is 16.2. The van der Waals surface area contributed by atoms with E-state index in [9.17, 15) is 9.59 Å². The summed E-state index contributed by atoms with van der Waals surface area (Å²) in [6.45, 7) is 5.74. The van der Waals surface area contributed by atoms with Crippen LogP contribution >= 0.6 is 0 Å². The predicted octanol–water partition coefficient (Wildman–Crippen LogP) is 2.61. The molecule has 1 saturated heterocycles. The molecule has 5 heteroatoms. The van der Waals surface area contributed by atoms with Crippen LogP contribution in [0.1, 0.15) is 33.1 Å². The van der Waals surface area contributed by atoms with Crippen LogP contribution in [0, 0.1) is 17.3 Å². The molecule has 3 rings (SSSR count). The second-order valence-electron chi connectivity index (χ2n) is 7.08. The Morgan fingerprint density at radius 2 is 1.83 bits per heavy atom. The van der Waals surface area contributed by atoms with Gasteiger partial charge in [0.2, 0.25) is 11.8 Å². The normalized spacial score (nSPS) is 22.0. The van der Waals surface area contributed by atoms with E-state index in [4.69, 9.17) is 0 Å². The molecule has 1 aliphatic heterocycles. The van der Waals surface area contributed by atoms with Gasteiger partial charge in [0.1, 0.15) is 0 Å². The van der Waals surface area contributed by atoms with Crippen LogP contribution in [-0.4, -0.2) is 24.9 Å². The minimum atomic E-state index is -0.0699. The number of rotatable bonds is 4. The SMILES string of the molecule is CC(C)C(=O)Nc1cccc(NC(=O)C2CC23CCNCC3)c1. The molecule has 23 heavy (non-hydrogen) atoms. The van der Waals surface area contributed by atoms with Gasteiger partial charge in [-0.3, -0.25) is 9.59 Å². The van der Waals surface area contributed by atoms with E-state index in [0.717, 1.165) is 38.0 Å². The number of hydrogen-bond donors (Lipinski definition) is 3. The van der Waals surface area contributed by atoms with Gasteiger partial charge in [-0.25, -0.2) is 0 Å². The van der Waals surface area contributed by atoms with Crippen LogP contribution in [0.15, 0.2) is 24.3 Å². The Hall–Kier alpha value is -1.88. The average molecular weight is 315 g/mol. The van der Waals surface area contributed by atoms with Crippen LogP contribution in [0.2, 0.25) is 0 Å². The van der Waals surface area contributed by atoms with E-state index >= 15 is 0 Å². The van der Waals surface area contributed by atoms with Gasteiger partial charge in [-0.2, -0.15) is 0 Å². The molecule has 1 spiro atoms. The third kappa shape index (κ3) is 3.55. The first-order valence-corrected chi connectivity index (χ1v) is 8.43. The van der Waals surface area contributed by atoms with Gasteiger partial charge in [0, 0.05) is 23.2 Å². The van der Waals surface area contributed by atoms with E-state index in [-0.39, 0.29) is 29.1 Å². The lowest BCUT2D eigenvalue weighted by molar-refractivity contribution is -0.119. The zero-order valence-electron chi connectivity index (χ0n) is 13.8. The van der Waals surface area contributed by atoms with E-state index in [1.807, 2.05) is 38.1 Å². The van der Waals surface area contributed by atoms with E-state index in [1.165, 1.54) is 0 Å².